The highest BCUT2D eigenvalue weighted by atomic mass is 79.9. The van der Waals surface area contributed by atoms with Crippen LogP contribution in [-0.2, 0) is 6.54 Å². The highest BCUT2D eigenvalue weighted by Gasteiger charge is 2.07. The van der Waals surface area contributed by atoms with Crippen molar-refractivity contribution >= 4 is 15.9 Å². The Morgan fingerprint density at radius 3 is 2.61 bits per heavy atom. The second kappa shape index (κ2) is 5.55. The van der Waals surface area contributed by atoms with Crippen molar-refractivity contribution < 1.29 is 4.74 Å². The molecule has 0 unspecified atom stereocenters. The minimum Gasteiger partial charge on any atom is -0.457 e. The number of benzene rings is 2. The normalized spacial score (nSPS) is 10.4. The van der Waals surface area contributed by atoms with E-state index in [1.165, 1.54) is 5.56 Å². The molecule has 0 fully saturated rings. The topological polar surface area (TPSA) is 35.2 Å². The van der Waals surface area contributed by atoms with Crippen LogP contribution in [0.2, 0.25) is 0 Å². The summed E-state index contributed by atoms with van der Waals surface area (Å²) in [6.07, 6.45) is 0. The molecule has 0 heterocycles. The summed E-state index contributed by atoms with van der Waals surface area (Å²) in [5.41, 5.74) is 9.10. The van der Waals surface area contributed by atoms with Crippen LogP contribution in [0.5, 0.6) is 11.5 Å². The Morgan fingerprint density at radius 2 is 1.89 bits per heavy atom. The lowest BCUT2D eigenvalue weighted by Gasteiger charge is -2.13. The summed E-state index contributed by atoms with van der Waals surface area (Å²) < 4.78 is 6.97. The number of halogens is 1. The monoisotopic (exact) mass is 305 g/mol. The van der Waals surface area contributed by atoms with E-state index in [9.17, 15) is 0 Å². The minimum atomic E-state index is 0.466. The van der Waals surface area contributed by atoms with Gasteiger partial charge in [0.25, 0.3) is 0 Å². The molecular weight excluding hydrogens is 290 g/mol. The number of hydrogen-bond donors (Lipinski definition) is 1. The van der Waals surface area contributed by atoms with Crippen LogP contribution in [0.1, 0.15) is 16.7 Å². The van der Waals surface area contributed by atoms with Gasteiger partial charge in [0, 0.05) is 16.6 Å². The Morgan fingerprint density at radius 1 is 1.11 bits per heavy atom. The van der Waals surface area contributed by atoms with Crippen LogP contribution in [0.4, 0.5) is 0 Å². The van der Waals surface area contributed by atoms with Gasteiger partial charge in [-0.3, -0.25) is 0 Å². The van der Waals surface area contributed by atoms with E-state index in [-0.39, 0.29) is 0 Å². The standard InChI is InChI=1S/C15H16BrNO/c1-10-4-3-5-14(11(10)2)18-15-8-13(16)7-6-12(15)9-17/h3-8H,9,17H2,1-2H3. The fourth-order valence-corrected chi connectivity index (χ4v) is 2.09. The molecule has 0 saturated carbocycles. The Labute approximate surface area is 116 Å². The van der Waals surface area contributed by atoms with E-state index in [1.807, 2.05) is 30.3 Å². The molecule has 2 aromatic carbocycles. The predicted molar refractivity (Wildman–Crippen MR) is 78.0 cm³/mol. The molecule has 0 bridgehead atoms. The van der Waals surface area contributed by atoms with Crippen LogP contribution in [0.25, 0.3) is 0 Å². The SMILES string of the molecule is Cc1cccc(Oc2cc(Br)ccc2CN)c1C. The van der Waals surface area contributed by atoms with Gasteiger partial charge >= 0.3 is 0 Å². The first kappa shape index (κ1) is 13.1. The van der Waals surface area contributed by atoms with Crippen molar-refractivity contribution in [2.75, 3.05) is 0 Å². The molecule has 0 atom stereocenters. The van der Waals surface area contributed by atoms with Crippen molar-refractivity contribution in [3.63, 3.8) is 0 Å². The molecule has 3 heteroatoms. The molecule has 2 nitrogen and oxygen atoms in total. The maximum absolute atomic E-state index is 5.98. The highest BCUT2D eigenvalue weighted by molar-refractivity contribution is 9.10. The van der Waals surface area contributed by atoms with Gasteiger partial charge < -0.3 is 10.5 Å². The third kappa shape index (κ3) is 2.74. The number of rotatable bonds is 3. The van der Waals surface area contributed by atoms with Gasteiger partial charge in [0.15, 0.2) is 0 Å². The van der Waals surface area contributed by atoms with Crippen molar-refractivity contribution in [3.05, 3.63) is 57.6 Å². The van der Waals surface area contributed by atoms with Gasteiger partial charge in [-0.25, -0.2) is 0 Å². The van der Waals surface area contributed by atoms with Gasteiger partial charge in [-0.2, -0.15) is 0 Å². The van der Waals surface area contributed by atoms with Crippen molar-refractivity contribution in [1.82, 2.24) is 0 Å². The molecule has 0 aromatic heterocycles. The number of nitrogens with two attached hydrogens (primary N) is 1. The molecule has 2 N–H and O–H groups in total. The second-order valence-electron chi connectivity index (χ2n) is 4.26. The van der Waals surface area contributed by atoms with Crippen LogP contribution in [-0.4, -0.2) is 0 Å². The molecule has 0 radical (unpaired) electrons. The van der Waals surface area contributed by atoms with Crippen LogP contribution in [0.15, 0.2) is 40.9 Å². The zero-order chi connectivity index (χ0) is 13.1. The van der Waals surface area contributed by atoms with E-state index in [0.29, 0.717) is 6.54 Å². The van der Waals surface area contributed by atoms with Gasteiger partial charge in [-0.1, -0.05) is 34.1 Å². The molecule has 0 saturated heterocycles. The Kier molecular flexibility index (Phi) is 4.04. The summed E-state index contributed by atoms with van der Waals surface area (Å²) in [5, 5.41) is 0. The number of hydrogen-bond acceptors (Lipinski definition) is 2. The average molecular weight is 306 g/mol. The van der Waals surface area contributed by atoms with E-state index >= 15 is 0 Å². The molecule has 0 amide bonds. The lowest BCUT2D eigenvalue weighted by atomic mass is 10.1. The van der Waals surface area contributed by atoms with E-state index in [1.54, 1.807) is 0 Å². The first-order valence-corrected chi connectivity index (χ1v) is 6.63. The number of ether oxygens (including phenoxy) is 1. The van der Waals surface area contributed by atoms with Gasteiger partial charge in [-0.05, 0) is 43.2 Å². The fourth-order valence-electron chi connectivity index (χ4n) is 1.75. The van der Waals surface area contributed by atoms with Crippen LogP contribution < -0.4 is 10.5 Å². The molecule has 2 aromatic rings. The molecule has 18 heavy (non-hydrogen) atoms. The molecule has 0 spiro atoms. The van der Waals surface area contributed by atoms with Crippen molar-refractivity contribution in [2.24, 2.45) is 5.73 Å². The summed E-state index contributed by atoms with van der Waals surface area (Å²) in [6.45, 7) is 4.60. The highest BCUT2D eigenvalue weighted by Crippen LogP contribution is 2.31. The van der Waals surface area contributed by atoms with Gasteiger partial charge in [-0.15, -0.1) is 0 Å². The Balaban J connectivity index is 2.39. The van der Waals surface area contributed by atoms with E-state index in [2.05, 4.69) is 35.8 Å². The molecule has 0 aliphatic rings. The summed E-state index contributed by atoms with van der Waals surface area (Å²) in [5.74, 6) is 1.68. The fraction of sp³-hybridized carbons (Fsp3) is 0.200. The molecule has 94 valence electrons. The minimum absolute atomic E-state index is 0.466. The maximum Gasteiger partial charge on any atom is 0.133 e. The number of aryl methyl sites for hydroxylation is 1. The zero-order valence-corrected chi connectivity index (χ0v) is 12.1. The third-order valence-corrected chi connectivity index (χ3v) is 3.52. The lowest BCUT2D eigenvalue weighted by Crippen LogP contribution is -2.00. The largest absolute Gasteiger partial charge is 0.457 e. The van der Waals surface area contributed by atoms with E-state index in [0.717, 1.165) is 27.1 Å². The van der Waals surface area contributed by atoms with Gasteiger partial charge in [0.05, 0.1) is 0 Å². The van der Waals surface area contributed by atoms with Crippen LogP contribution >= 0.6 is 15.9 Å². The molecule has 0 aliphatic heterocycles. The molecule has 2 rings (SSSR count). The predicted octanol–water partition coefficient (Wildman–Crippen LogP) is 4.32. The maximum atomic E-state index is 5.98. The van der Waals surface area contributed by atoms with Crippen LogP contribution in [0.3, 0.4) is 0 Å². The second-order valence-corrected chi connectivity index (χ2v) is 5.17. The van der Waals surface area contributed by atoms with Crippen LogP contribution in [0, 0.1) is 13.8 Å². The van der Waals surface area contributed by atoms with Gasteiger partial charge in [0.1, 0.15) is 11.5 Å². The summed E-state index contributed by atoms with van der Waals surface area (Å²) in [7, 11) is 0. The zero-order valence-electron chi connectivity index (χ0n) is 10.5. The summed E-state index contributed by atoms with van der Waals surface area (Å²) in [6, 6.07) is 11.9. The van der Waals surface area contributed by atoms with Crippen molar-refractivity contribution in [1.29, 1.82) is 0 Å². The molecular formula is C15H16BrNO. The smallest absolute Gasteiger partial charge is 0.133 e. The first-order valence-electron chi connectivity index (χ1n) is 5.84. The summed E-state index contributed by atoms with van der Waals surface area (Å²) >= 11 is 3.45. The van der Waals surface area contributed by atoms with Crippen molar-refractivity contribution in [2.45, 2.75) is 20.4 Å². The average Bonchev–Trinajstić information content (AvgIpc) is 2.35. The van der Waals surface area contributed by atoms with Crippen molar-refractivity contribution in [3.8, 4) is 11.5 Å². The van der Waals surface area contributed by atoms with E-state index < -0.39 is 0 Å². The Hall–Kier alpha value is -1.32. The van der Waals surface area contributed by atoms with E-state index in [4.69, 9.17) is 10.5 Å². The third-order valence-electron chi connectivity index (χ3n) is 3.02. The summed E-state index contributed by atoms with van der Waals surface area (Å²) in [4.78, 5) is 0. The molecule has 0 aliphatic carbocycles. The Bertz CT molecular complexity index is 566. The first-order chi connectivity index (χ1) is 8.61. The van der Waals surface area contributed by atoms with Gasteiger partial charge in [0.2, 0.25) is 0 Å². The quantitative estimate of drug-likeness (QED) is 0.916. The lowest BCUT2D eigenvalue weighted by molar-refractivity contribution is 0.472.